The molecule has 108 valence electrons. The van der Waals surface area contributed by atoms with Crippen LogP contribution < -0.4 is 11.1 Å². The second-order valence-electron chi connectivity index (χ2n) is 5.29. The van der Waals surface area contributed by atoms with Crippen molar-refractivity contribution in [1.29, 1.82) is 0 Å². The lowest BCUT2D eigenvalue weighted by atomic mass is 10.00. The third-order valence-corrected chi connectivity index (χ3v) is 3.75. The van der Waals surface area contributed by atoms with Gasteiger partial charge in [-0.15, -0.1) is 0 Å². The summed E-state index contributed by atoms with van der Waals surface area (Å²) in [7, 11) is 0. The van der Waals surface area contributed by atoms with Crippen molar-refractivity contribution in [2.24, 2.45) is 5.73 Å². The lowest BCUT2D eigenvalue weighted by Gasteiger charge is -2.24. The standard InChI is InChI=1S/C14H25N3O2/c15-9-13-11-17(7-4-8-19-13)14(18)16-10-12-5-2-1-3-6-12/h5,13H,1-4,6-11,15H2,(H,16,18). The molecule has 1 unspecified atom stereocenters. The second kappa shape index (κ2) is 7.50. The number of amides is 2. The summed E-state index contributed by atoms with van der Waals surface area (Å²) in [5.74, 6) is 0. The Morgan fingerprint density at radius 1 is 1.47 bits per heavy atom. The number of nitrogens with one attached hydrogen (secondary N) is 1. The molecule has 2 amide bonds. The highest BCUT2D eigenvalue weighted by Crippen LogP contribution is 2.16. The van der Waals surface area contributed by atoms with Gasteiger partial charge < -0.3 is 20.7 Å². The maximum Gasteiger partial charge on any atom is 0.317 e. The monoisotopic (exact) mass is 267 g/mol. The Bertz CT molecular complexity index is 331. The van der Waals surface area contributed by atoms with Gasteiger partial charge in [0, 0.05) is 32.8 Å². The van der Waals surface area contributed by atoms with E-state index in [2.05, 4.69) is 11.4 Å². The summed E-state index contributed by atoms with van der Waals surface area (Å²) < 4.78 is 5.57. The number of carbonyl (C=O) groups is 1. The van der Waals surface area contributed by atoms with E-state index in [4.69, 9.17) is 10.5 Å². The lowest BCUT2D eigenvalue weighted by molar-refractivity contribution is 0.0640. The van der Waals surface area contributed by atoms with Crippen LogP contribution >= 0.6 is 0 Å². The minimum Gasteiger partial charge on any atom is -0.375 e. The Kier molecular flexibility index (Phi) is 5.66. The van der Waals surface area contributed by atoms with Crippen LogP contribution in [0.25, 0.3) is 0 Å². The number of ether oxygens (including phenoxy) is 1. The van der Waals surface area contributed by atoms with Crippen LogP contribution in [0.4, 0.5) is 4.79 Å². The number of nitrogens with two attached hydrogens (primary N) is 1. The highest BCUT2D eigenvalue weighted by atomic mass is 16.5. The molecule has 0 bridgehead atoms. The molecule has 0 spiro atoms. The zero-order valence-electron chi connectivity index (χ0n) is 11.6. The van der Waals surface area contributed by atoms with E-state index >= 15 is 0 Å². The topological polar surface area (TPSA) is 67.6 Å². The highest BCUT2D eigenvalue weighted by molar-refractivity contribution is 5.74. The summed E-state index contributed by atoms with van der Waals surface area (Å²) >= 11 is 0. The maximum absolute atomic E-state index is 12.1. The normalized spacial score (nSPS) is 24.6. The molecule has 3 N–H and O–H groups in total. The Morgan fingerprint density at radius 2 is 2.37 bits per heavy atom. The van der Waals surface area contributed by atoms with Crippen LogP contribution in [-0.2, 0) is 4.74 Å². The van der Waals surface area contributed by atoms with Crippen LogP contribution in [0.15, 0.2) is 11.6 Å². The molecule has 2 rings (SSSR count). The summed E-state index contributed by atoms with van der Waals surface area (Å²) in [5, 5.41) is 3.02. The second-order valence-corrected chi connectivity index (χ2v) is 5.29. The molecule has 2 aliphatic rings. The number of hydrogen-bond acceptors (Lipinski definition) is 3. The van der Waals surface area contributed by atoms with Gasteiger partial charge >= 0.3 is 6.03 Å². The quantitative estimate of drug-likeness (QED) is 0.756. The predicted octanol–water partition coefficient (Wildman–Crippen LogP) is 1.25. The molecule has 0 saturated carbocycles. The lowest BCUT2D eigenvalue weighted by Crippen LogP contribution is -2.45. The molecule has 19 heavy (non-hydrogen) atoms. The largest absolute Gasteiger partial charge is 0.375 e. The predicted molar refractivity (Wildman–Crippen MR) is 74.9 cm³/mol. The summed E-state index contributed by atoms with van der Waals surface area (Å²) in [6.45, 7) is 3.19. The zero-order chi connectivity index (χ0) is 13.5. The zero-order valence-corrected chi connectivity index (χ0v) is 11.6. The highest BCUT2D eigenvalue weighted by Gasteiger charge is 2.21. The fourth-order valence-electron chi connectivity index (χ4n) is 2.59. The summed E-state index contributed by atoms with van der Waals surface area (Å²) in [6, 6.07) is 0.00965. The first-order valence-corrected chi connectivity index (χ1v) is 7.32. The molecule has 0 aromatic carbocycles. The van der Waals surface area contributed by atoms with Crippen LogP contribution in [0.2, 0.25) is 0 Å². The number of carbonyl (C=O) groups excluding carboxylic acids is 1. The number of allylic oxidation sites excluding steroid dienone is 1. The van der Waals surface area contributed by atoms with E-state index < -0.39 is 0 Å². The molecule has 1 aliphatic carbocycles. The minimum atomic E-state index is -0.0258. The first-order valence-electron chi connectivity index (χ1n) is 7.32. The molecule has 0 aromatic rings. The summed E-state index contributed by atoms with van der Waals surface area (Å²) in [5.41, 5.74) is 7.00. The van der Waals surface area contributed by atoms with Crippen LogP contribution in [0.3, 0.4) is 0 Å². The maximum atomic E-state index is 12.1. The molecule has 0 radical (unpaired) electrons. The Morgan fingerprint density at radius 3 is 3.11 bits per heavy atom. The number of hydrogen-bond donors (Lipinski definition) is 2. The van der Waals surface area contributed by atoms with Crippen molar-refractivity contribution >= 4 is 6.03 Å². The third-order valence-electron chi connectivity index (χ3n) is 3.75. The molecule has 0 aromatic heterocycles. The average Bonchev–Trinajstić information content (AvgIpc) is 2.71. The van der Waals surface area contributed by atoms with E-state index in [1.54, 1.807) is 0 Å². The van der Waals surface area contributed by atoms with Gasteiger partial charge in [0.25, 0.3) is 0 Å². The van der Waals surface area contributed by atoms with E-state index in [1.165, 1.54) is 18.4 Å². The summed E-state index contributed by atoms with van der Waals surface area (Å²) in [6.07, 6.45) is 7.91. The third kappa shape index (κ3) is 4.51. The smallest absolute Gasteiger partial charge is 0.317 e. The molecule has 5 heteroatoms. The van der Waals surface area contributed by atoms with Crippen LogP contribution in [-0.4, -0.2) is 49.8 Å². The van der Waals surface area contributed by atoms with Crippen molar-refractivity contribution in [3.05, 3.63) is 11.6 Å². The Labute approximate surface area is 115 Å². The minimum absolute atomic E-state index is 0.00965. The van der Waals surface area contributed by atoms with Gasteiger partial charge in [-0.25, -0.2) is 4.79 Å². The van der Waals surface area contributed by atoms with Crippen molar-refractivity contribution in [3.63, 3.8) is 0 Å². The number of urea groups is 1. The SMILES string of the molecule is NCC1CN(C(=O)NCC2=CCCCC2)CCCO1. The van der Waals surface area contributed by atoms with Crippen LogP contribution in [0.5, 0.6) is 0 Å². The van der Waals surface area contributed by atoms with E-state index in [0.29, 0.717) is 26.2 Å². The van der Waals surface area contributed by atoms with E-state index in [-0.39, 0.29) is 12.1 Å². The Balaban J connectivity index is 1.79. The van der Waals surface area contributed by atoms with Crippen LogP contribution in [0, 0.1) is 0 Å². The fraction of sp³-hybridized carbons (Fsp3) is 0.786. The van der Waals surface area contributed by atoms with E-state index in [9.17, 15) is 4.79 Å². The van der Waals surface area contributed by atoms with Gasteiger partial charge in [-0.3, -0.25) is 0 Å². The average molecular weight is 267 g/mol. The molecule has 1 fully saturated rings. The van der Waals surface area contributed by atoms with E-state index in [0.717, 1.165) is 25.8 Å². The summed E-state index contributed by atoms with van der Waals surface area (Å²) in [4.78, 5) is 14.0. The van der Waals surface area contributed by atoms with Crippen molar-refractivity contribution < 1.29 is 9.53 Å². The fourth-order valence-corrected chi connectivity index (χ4v) is 2.59. The molecule has 1 aliphatic heterocycles. The first-order chi connectivity index (χ1) is 9.29. The van der Waals surface area contributed by atoms with Gasteiger partial charge in [-0.05, 0) is 32.1 Å². The molecule has 1 heterocycles. The van der Waals surface area contributed by atoms with Crippen molar-refractivity contribution in [2.75, 3.05) is 32.8 Å². The van der Waals surface area contributed by atoms with Gasteiger partial charge in [-0.2, -0.15) is 0 Å². The van der Waals surface area contributed by atoms with Crippen molar-refractivity contribution in [3.8, 4) is 0 Å². The number of nitrogens with zero attached hydrogens (tertiary/aromatic N) is 1. The molecular weight excluding hydrogens is 242 g/mol. The number of rotatable bonds is 3. The van der Waals surface area contributed by atoms with Crippen LogP contribution in [0.1, 0.15) is 32.1 Å². The van der Waals surface area contributed by atoms with E-state index in [1.807, 2.05) is 4.90 Å². The molecule has 5 nitrogen and oxygen atoms in total. The molecule has 1 saturated heterocycles. The van der Waals surface area contributed by atoms with Crippen molar-refractivity contribution in [2.45, 2.75) is 38.2 Å². The van der Waals surface area contributed by atoms with Gasteiger partial charge in [-0.1, -0.05) is 11.6 Å². The van der Waals surface area contributed by atoms with Gasteiger partial charge in [0.2, 0.25) is 0 Å². The molecule has 1 atom stereocenters. The van der Waals surface area contributed by atoms with Gasteiger partial charge in [0.15, 0.2) is 0 Å². The first kappa shape index (κ1) is 14.3. The Hall–Kier alpha value is -1.07. The van der Waals surface area contributed by atoms with Gasteiger partial charge in [0.05, 0.1) is 6.10 Å². The van der Waals surface area contributed by atoms with Gasteiger partial charge in [0.1, 0.15) is 0 Å². The molecular formula is C14H25N3O2. The van der Waals surface area contributed by atoms with Crippen molar-refractivity contribution in [1.82, 2.24) is 10.2 Å².